The van der Waals surface area contributed by atoms with Gasteiger partial charge in [-0.05, 0) is 18.9 Å². The summed E-state index contributed by atoms with van der Waals surface area (Å²) in [5, 5.41) is 3.70. The summed E-state index contributed by atoms with van der Waals surface area (Å²) in [7, 11) is 0. The van der Waals surface area contributed by atoms with Crippen molar-refractivity contribution >= 4 is 17.3 Å². The van der Waals surface area contributed by atoms with Gasteiger partial charge in [-0.15, -0.1) is 6.58 Å². The molecule has 0 aromatic heterocycles. The largest absolute Gasteiger partial charge is 0.456 e. The second kappa shape index (κ2) is 7.28. The van der Waals surface area contributed by atoms with Crippen LogP contribution in [-0.2, 0) is 0 Å². The van der Waals surface area contributed by atoms with E-state index < -0.39 is 12.2 Å². The highest BCUT2D eigenvalue weighted by Gasteiger charge is 2.36. The van der Waals surface area contributed by atoms with Crippen LogP contribution in [-0.4, -0.2) is 31.0 Å². The van der Waals surface area contributed by atoms with E-state index in [1.807, 2.05) is 6.08 Å². The van der Waals surface area contributed by atoms with Crippen LogP contribution in [0.25, 0.3) is 0 Å². The van der Waals surface area contributed by atoms with Gasteiger partial charge in [-0.1, -0.05) is 30.5 Å². The minimum atomic E-state index is -1.62. The van der Waals surface area contributed by atoms with Crippen LogP contribution >= 0.6 is 11.6 Å². The monoisotopic (exact) mass is 356 g/mol. The van der Waals surface area contributed by atoms with E-state index in [-0.39, 0.29) is 16.8 Å². The summed E-state index contributed by atoms with van der Waals surface area (Å²) < 4.78 is 32.3. The number of anilines is 1. The maximum Gasteiger partial charge on any atom is 0.236 e. The predicted octanol–water partition coefficient (Wildman–Crippen LogP) is 4.45. The van der Waals surface area contributed by atoms with Crippen molar-refractivity contribution in [1.82, 2.24) is 5.32 Å². The molecule has 1 saturated heterocycles. The Morgan fingerprint density at radius 1 is 1.42 bits per heavy atom. The highest BCUT2D eigenvalue weighted by molar-refractivity contribution is 6.32. The summed E-state index contributed by atoms with van der Waals surface area (Å²) >= 11 is 6.15. The Kier molecular flexibility index (Phi) is 5.30. The Hall–Kier alpha value is -1.33. The zero-order valence-corrected chi connectivity index (χ0v) is 14.5. The number of nitrogens with zero attached hydrogens (tertiary/aromatic N) is 1. The Balaban J connectivity index is 1.92. The fourth-order valence-corrected chi connectivity index (χ4v) is 4.03. The van der Waals surface area contributed by atoms with Crippen molar-refractivity contribution in [2.24, 2.45) is 0 Å². The standard InChI is InChI=1S/C18H23ClF2N2O/c1-3-12-10-23(17-7-5-4-6-16(17)22-12)13-8-14(19)18(15(21)9-13)24-11(2)20/h3,8-9,11-12,16-17,22H,1,4-7,10H2,2H3/t11?,12?,16-,17?/m0/s1. The molecule has 0 amide bonds. The van der Waals surface area contributed by atoms with Gasteiger partial charge in [0.15, 0.2) is 11.6 Å². The number of benzene rings is 1. The molecule has 1 N–H and O–H groups in total. The van der Waals surface area contributed by atoms with Crippen LogP contribution in [0.5, 0.6) is 5.75 Å². The maximum absolute atomic E-state index is 14.4. The van der Waals surface area contributed by atoms with Gasteiger partial charge in [0.1, 0.15) is 0 Å². The summed E-state index contributed by atoms with van der Waals surface area (Å²) in [6.45, 7) is 5.79. The van der Waals surface area contributed by atoms with Gasteiger partial charge in [0.25, 0.3) is 0 Å². The van der Waals surface area contributed by atoms with Crippen molar-refractivity contribution < 1.29 is 13.5 Å². The summed E-state index contributed by atoms with van der Waals surface area (Å²) in [6, 6.07) is 3.87. The fraction of sp³-hybridized carbons (Fsp3) is 0.556. The molecular formula is C18H23ClF2N2O. The van der Waals surface area contributed by atoms with E-state index >= 15 is 0 Å². The highest BCUT2D eigenvalue weighted by atomic mass is 35.5. The number of rotatable bonds is 4. The van der Waals surface area contributed by atoms with E-state index in [0.29, 0.717) is 24.3 Å². The Morgan fingerprint density at radius 3 is 2.83 bits per heavy atom. The Labute approximate surface area is 146 Å². The van der Waals surface area contributed by atoms with Crippen molar-refractivity contribution in [1.29, 1.82) is 0 Å². The number of alkyl halides is 1. The number of nitrogens with one attached hydrogen (secondary N) is 1. The molecule has 1 aliphatic heterocycles. The molecule has 132 valence electrons. The van der Waals surface area contributed by atoms with Crippen LogP contribution in [0.4, 0.5) is 14.5 Å². The molecule has 4 atom stereocenters. The fourth-order valence-electron chi connectivity index (χ4n) is 3.78. The van der Waals surface area contributed by atoms with E-state index in [2.05, 4.69) is 16.8 Å². The van der Waals surface area contributed by atoms with Gasteiger partial charge in [-0.2, -0.15) is 0 Å². The zero-order chi connectivity index (χ0) is 17.3. The first-order valence-electron chi connectivity index (χ1n) is 8.44. The minimum absolute atomic E-state index is 0.0931. The summed E-state index contributed by atoms with van der Waals surface area (Å²) in [4.78, 5) is 2.20. The van der Waals surface area contributed by atoms with Crippen LogP contribution in [0.1, 0.15) is 32.6 Å². The molecule has 2 aliphatic rings. The summed E-state index contributed by atoms with van der Waals surface area (Å²) in [5.41, 5.74) is 0.710. The van der Waals surface area contributed by atoms with Gasteiger partial charge in [-0.3, -0.25) is 0 Å². The molecule has 3 rings (SSSR count). The van der Waals surface area contributed by atoms with Crippen LogP contribution in [0.2, 0.25) is 5.02 Å². The van der Waals surface area contributed by atoms with Gasteiger partial charge in [0.05, 0.1) is 5.02 Å². The lowest BCUT2D eigenvalue weighted by molar-refractivity contribution is 0.0815. The quantitative estimate of drug-likeness (QED) is 0.807. The number of hydrogen-bond donors (Lipinski definition) is 1. The van der Waals surface area contributed by atoms with Crippen LogP contribution in [0.3, 0.4) is 0 Å². The SMILES string of the molecule is C=CC1CN(c2cc(F)c(OC(C)F)c(Cl)c2)C2CCCC[C@@H]2N1. The molecule has 1 heterocycles. The molecule has 1 aromatic carbocycles. The summed E-state index contributed by atoms with van der Waals surface area (Å²) in [6.07, 6.45) is 4.78. The molecule has 0 spiro atoms. The van der Waals surface area contributed by atoms with Gasteiger partial charge in [-0.25, -0.2) is 8.78 Å². The van der Waals surface area contributed by atoms with Crippen molar-refractivity contribution in [2.75, 3.05) is 11.4 Å². The number of fused-ring (bicyclic) bond motifs is 1. The second-order valence-electron chi connectivity index (χ2n) is 6.52. The van der Waals surface area contributed by atoms with E-state index in [0.717, 1.165) is 19.3 Å². The van der Waals surface area contributed by atoms with E-state index in [1.165, 1.54) is 19.4 Å². The average molecular weight is 357 g/mol. The van der Waals surface area contributed by atoms with Crippen LogP contribution in [0, 0.1) is 5.82 Å². The second-order valence-corrected chi connectivity index (χ2v) is 6.93. The van der Waals surface area contributed by atoms with Crippen LogP contribution < -0.4 is 15.0 Å². The molecule has 0 bridgehead atoms. The highest BCUT2D eigenvalue weighted by Crippen LogP contribution is 2.37. The molecule has 2 fully saturated rings. The first-order chi connectivity index (χ1) is 11.5. The normalized spacial score (nSPS) is 28.2. The maximum atomic E-state index is 14.4. The van der Waals surface area contributed by atoms with E-state index in [1.54, 1.807) is 6.07 Å². The van der Waals surface area contributed by atoms with Crippen molar-refractivity contribution in [3.8, 4) is 5.75 Å². The molecular weight excluding hydrogens is 334 g/mol. The van der Waals surface area contributed by atoms with Crippen molar-refractivity contribution in [3.63, 3.8) is 0 Å². The van der Waals surface area contributed by atoms with Gasteiger partial charge in [0, 0.05) is 43.3 Å². The molecule has 1 aliphatic carbocycles. The molecule has 0 radical (unpaired) electrons. The molecule has 24 heavy (non-hydrogen) atoms. The van der Waals surface area contributed by atoms with Crippen molar-refractivity contribution in [2.45, 2.75) is 57.1 Å². The zero-order valence-electron chi connectivity index (χ0n) is 13.8. The summed E-state index contributed by atoms with van der Waals surface area (Å²) in [5.74, 6) is -0.867. The lowest BCUT2D eigenvalue weighted by Crippen LogP contribution is -2.63. The molecule has 3 unspecified atom stereocenters. The number of ether oxygens (including phenoxy) is 1. The minimum Gasteiger partial charge on any atom is -0.456 e. The van der Waals surface area contributed by atoms with Gasteiger partial charge in [0.2, 0.25) is 6.36 Å². The number of hydrogen-bond acceptors (Lipinski definition) is 3. The molecule has 3 nitrogen and oxygen atoms in total. The topological polar surface area (TPSA) is 24.5 Å². The van der Waals surface area contributed by atoms with E-state index in [4.69, 9.17) is 16.3 Å². The van der Waals surface area contributed by atoms with Crippen molar-refractivity contribution in [3.05, 3.63) is 35.6 Å². The molecule has 1 aromatic rings. The first kappa shape index (κ1) is 17.5. The van der Waals surface area contributed by atoms with Gasteiger partial charge >= 0.3 is 0 Å². The predicted molar refractivity (Wildman–Crippen MR) is 93.1 cm³/mol. The Bertz CT molecular complexity index is 588. The molecule has 6 heteroatoms. The van der Waals surface area contributed by atoms with Crippen LogP contribution in [0.15, 0.2) is 24.8 Å². The van der Waals surface area contributed by atoms with E-state index in [9.17, 15) is 8.78 Å². The third-order valence-electron chi connectivity index (χ3n) is 4.83. The Morgan fingerprint density at radius 2 is 2.17 bits per heavy atom. The third-order valence-corrected chi connectivity index (χ3v) is 5.11. The lowest BCUT2D eigenvalue weighted by atomic mass is 9.86. The first-order valence-corrected chi connectivity index (χ1v) is 8.82. The number of piperazine rings is 1. The third kappa shape index (κ3) is 3.52. The molecule has 1 saturated carbocycles. The van der Waals surface area contributed by atoms with Gasteiger partial charge < -0.3 is 15.0 Å². The average Bonchev–Trinajstić information content (AvgIpc) is 2.56. The smallest absolute Gasteiger partial charge is 0.236 e. The number of halogens is 3. The lowest BCUT2D eigenvalue weighted by Gasteiger charge is -2.48.